The summed E-state index contributed by atoms with van der Waals surface area (Å²) in [6, 6.07) is 39.1. The zero-order valence-corrected chi connectivity index (χ0v) is 20.2. The van der Waals surface area contributed by atoms with E-state index in [0.717, 1.165) is 22.3 Å². The number of fused-ring (bicyclic) bond motifs is 6. The highest BCUT2D eigenvalue weighted by Crippen LogP contribution is 2.59. The number of hydrogen-bond acceptors (Lipinski definition) is 2. The summed E-state index contributed by atoms with van der Waals surface area (Å²) < 4.78 is 11.2. The molecule has 0 aromatic heterocycles. The van der Waals surface area contributed by atoms with E-state index in [1.807, 2.05) is 0 Å². The lowest BCUT2D eigenvalue weighted by atomic mass is 9.70. The van der Waals surface area contributed by atoms with Crippen molar-refractivity contribution in [2.75, 3.05) is 14.2 Å². The average molecular weight is 465 g/mol. The lowest BCUT2D eigenvalue weighted by molar-refractivity contribution is 0.356. The molecule has 1 aliphatic carbocycles. The summed E-state index contributed by atoms with van der Waals surface area (Å²) in [6.45, 7) is 0. The maximum atomic E-state index is 5.60. The molecule has 2 nitrogen and oxygen atoms in total. The molecule has 0 N–H and O–H groups in total. The van der Waals surface area contributed by atoms with Crippen molar-refractivity contribution in [1.82, 2.24) is 0 Å². The molecular formula is C34H24O2. The molecule has 0 saturated heterocycles. The zero-order chi connectivity index (χ0) is 24.2. The predicted molar refractivity (Wildman–Crippen MR) is 150 cm³/mol. The van der Waals surface area contributed by atoms with E-state index >= 15 is 0 Å². The Hall–Kier alpha value is -4.56. The van der Waals surface area contributed by atoms with Gasteiger partial charge in [0.1, 0.15) is 0 Å². The van der Waals surface area contributed by atoms with E-state index in [2.05, 4.69) is 109 Å². The molecule has 6 aromatic carbocycles. The molecule has 0 radical (unpaired) electrons. The van der Waals surface area contributed by atoms with Gasteiger partial charge in [0.15, 0.2) is 11.5 Å². The first-order valence-electron chi connectivity index (χ1n) is 12.2. The fraction of sp³-hybridized carbons (Fsp3) is 0.0588. The fourth-order valence-corrected chi connectivity index (χ4v) is 5.76. The second-order valence-electron chi connectivity index (χ2n) is 9.23. The van der Waals surface area contributed by atoms with Crippen LogP contribution in [0.15, 0.2) is 109 Å². The topological polar surface area (TPSA) is 18.5 Å². The maximum absolute atomic E-state index is 5.60. The van der Waals surface area contributed by atoms with Crippen molar-refractivity contribution < 1.29 is 9.47 Å². The molecule has 0 fully saturated rings. The molecule has 6 aromatic rings. The summed E-state index contributed by atoms with van der Waals surface area (Å²) in [5.74, 6) is 1.49. The molecule has 0 heterocycles. The van der Waals surface area contributed by atoms with Crippen LogP contribution in [0.2, 0.25) is 0 Å². The first-order chi connectivity index (χ1) is 17.8. The Morgan fingerprint density at radius 3 is 1.19 bits per heavy atom. The summed E-state index contributed by atoms with van der Waals surface area (Å²) in [6.07, 6.45) is 0. The third-order valence-corrected chi connectivity index (χ3v) is 7.36. The Morgan fingerprint density at radius 2 is 0.806 bits per heavy atom. The maximum Gasteiger partial charge on any atom is 0.161 e. The van der Waals surface area contributed by atoms with Crippen LogP contribution < -0.4 is 9.47 Å². The van der Waals surface area contributed by atoms with E-state index in [1.165, 1.54) is 55.3 Å². The minimum Gasteiger partial charge on any atom is -0.493 e. The smallest absolute Gasteiger partial charge is 0.161 e. The van der Waals surface area contributed by atoms with Crippen molar-refractivity contribution in [2.45, 2.75) is 0 Å². The van der Waals surface area contributed by atoms with E-state index in [0.29, 0.717) is 0 Å². The van der Waals surface area contributed by atoms with Crippen molar-refractivity contribution in [3.63, 3.8) is 0 Å². The predicted octanol–water partition coefficient (Wildman–Crippen LogP) is 8.99. The Bertz CT molecular complexity index is 1650. The Balaban J connectivity index is 1.62. The SMILES string of the molecule is COc1cc2cc3c(cc2cc1OC)-c1c-3c(-c2ccccc2)c2ccccc2c1-c1ccccc1. The van der Waals surface area contributed by atoms with Crippen molar-refractivity contribution in [3.8, 4) is 56.0 Å². The van der Waals surface area contributed by atoms with Crippen LogP contribution in [0.4, 0.5) is 0 Å². The third-order valence-electron chi connectivity index (χ3n) is 7.36. The van der Waals surface area contributed by atoms with Crippen molar-refractivity contribution in [3.05, 3.63) is 109 Å². The fourth-order valence-electron chi connectivity index (χ4n) is 5.76. The summed E-state index contributed by atoms with van der Waals surface area (Å²) in [5, 5.41) is 4.84. The lowest BCUT2D eigenvalue weighted by Crippen LogP contribution is -2.05. The highest BCUT2D eigenvalue weighted by Gasteiger charge is 2.32. The van der Waals surface area contributed by atoms with Crippen molar-refractivity contribution >= 4 is 21.5 Å². The molecule has 7 rings (SSSR count). The van der Waals surface area contributed by atoms with Gasteiger partial charge in [0.25, 0.3) is 0 Å². The lowest BCUT2D eigenvalue weighted by Gasteiger charge is -2.32. The molecule has 0 unspecified atom stereocenters. The minimum atomic E-state index is 0.747. The molecule has 0 atom stereocenters. The molecule has 172 valence electrons. The number of ether oxygens (including phenoxy) is 2. The van der Waals surface area contributed by atoms with Gasteiger partial charge in [0.05, 0.1) is 14.2 Å². The van der Waals surface area contributed by atoms with E-state index in [4.69, 9.17) is 9.47 Å². The second kappa shape index (κ2) is 8.00. The normalized spacial score (nSPS) is 11.6. The van der Waals surface area contributed by atoms with Crippen LogP contribution in [0, 0.1) is 0 Å². The van der Waals surface area contributed by atoms with Gasteiger partial charge >= 0.3 is 0 Å². The average Bonchev–Trinajstić information content (AvgIpc) is 2.95. The standard InChI is InChI=1S/C34H24O2/c1-35-29-19-23-17-27-28(18-24(23)20-30(29)36-2)34-32(22-13-7-4-8-14-22)26-16-10-9-15-25(26)31(33(27)34)21-11-5-3-6-12-21/h3-20H,1-2H3. The largest absolute Gasteiger partial charge is 0.493 e. The number of methoxy groups -OCH3 is 2. The second-order valence-corrected chi connectivity index (χ2v) is 9.23. The zero-order valence-electron chi connectivity index (χ0n) is 20.2. The van der Waals surface area contributed by atoms with Crippen LogP contribution >= 0.6 is 0 Å². The summed E-state index contributed by atoms with van der Waals surface area (Å²) in [4.78, 5) is 0. The summed E-state index contributed by atoms with van der Waals surface area (Å²) >= 11 is 0. The summed E-state index contributed by atoms with van der Waals surface area (Å²) in [5.41, 5.74) is 10.3. The van der Waals surface area contributed by atoms with E-state index < -0.39 is 0 Å². The van der Waals surface area contributed by atoms with Crippen LogP contribution in [0.1, 0.15) is 0 Å². The molecule has 36 heavy (non-hydrogen) atoms. The Labute approximate surface area is 210 Å². The van der Waals surface area contributed by atoms with Crippen LogP contribution in [0.3, 0.4) is 0 Å². The van der Waals surface area contributed by atoms with Gasteiger partial charge in [-0.2, -0.15) is 0 Å². The Morgan fingerprint density at radius 1 is 0.417 bits per heavy atom. The van der Waals surface area contributed by atoms with Gasteiger partial charge < -0.3 is 9.47 Å². The van der Waals surface area contributed by atoms with E-state index in [1.54, 1.807) is 14.2 Å². The van der Waals surface area contributed by atoms with Crippen LogP contribution in [0.25, 0.3) is 66.1 Å². The Kier molecular flexibility index (Phi) is 4.62. The number of rotatable bonds is 4. The monoisotopic (exact) mass is 464 g/mol. The number of benzene rings is 6. The minimum absolute atomic E-state index is 0.747. The third kappa shape index (κ3) is 2.91. The van der Waals surface area contributed by atoms with Crippen LogP contribution in [-0.4, -0.2) is 14.2 Å². The van der Waals surface area contributed by atoms with E-state index in [-0.39, 0.29) is 0 Å². The van der Waals surface area contributed by atoms with Crippen LogP contribution in [-0.2, 0) is 0 Å². The molecule has 0 aliphatic heterocycles. The van der Waals surface area contributed by atoms with Gasteiger partial charge in [-0.05, 0) is 90.3 Å². The van der Waals surface area contributed by atoms with Gasteiger partial charge in [0, 0.05) is 0 Å². The molecule has 0 bridgehead atoms. The summed E-state index contributed by atoms with van der Waals surface area (Å²) in [7, 11) is 3.37. The first-order valence-corrected chi connectivity index (χ1v) is 12.2. The first kappa shape index (κ1) is 20.8. The quantitative estimate of drug-likeness (QED) is 0.259. The molecule has 0 amide bonds. The van der Waals surface area contributed by atoms with Crippen LogP contribution in [0.5, 0.6) is 11.5 Å². The highest BCUT2D eigenvalue weighted by molar-refractivity contribution is 6.25. The van der Waals surface area contributed by atoms with Gasteiger partial charge in [-0.15, -0.1) is 0 Å². The van der Waals surface area contributed by atoms with Crippen molar-refractivity contribution in [1.29, 1.82) is 0 Å². The molecule has 0 spiro atoms. The molecular weight excluding hydrogens is 440 g/mol. The molecule has 1 aliphatic rings. The van der Waals surface area contributed by atoms with Gasteiger partial charge in [-0.25, -0.2) is 0 Å². The van der Waals surface area contributed by atoms with Crippen molar-refractivity contribution in [2.24, 2.45) is 0 Å². The molecule has 2 heteroatoms. The van der Waals surface area contributed by atoms with Gasteiger partial charge in [-0.3, -0.25) is 0 Å². The van der Waals surface area contributed by atoms with E-state index in [9.17, 15) is 0 Å². The highest BCUT2D eigenvalue weighted by atomic mass is 16.5. The number of hydrogen-bond donors (Lipinski definition) is 0. The van der Waals surface area contributed by atoms with Gasteiger partial charge in [-0.1, -0.05) is 84.9 Å². The molecule has 0 saturated carbocycles. The van der Waals surface area contributed by atoms with Gasteiger partial charge in [0.2, 0.25) is 0 Å².